The molecule has 4 heteroatoms. The second-order valence-corrected chi connectivity index (χ2v) is 6.12. The van der Waals surface area contributed by atoms with Gasteiger partial charge in [-0.15, -0.1) is 0 Å². The molecule has 1 saturated carbocycles. The normalized spacial score (nSPS) is 16.7. The number of nitrogens with two attached hydrogens (primary N) is 1. The van der Waals surface area contributed by atoms with Gasteiger partial charge in [-0.2, -0.15) is 11.8 Å². The summed E-state index contributed by atoms with van der Waals surface area (Å²) >= 11 is 1.90. The maximum atomic E-state index is 13.4. The molecule has 0 amide bonds. The Labute approximate surface area is 112 Å². The highest BCUT2D eigenvalue weighted by molar-refractivity contribution is 7.99. The van der Waals surface area contributed by atoms with Gasteiger partial charge in [-0.3, -0.25) is 5.41 Å². The first-order valence-corrected chi connectivity index (χ1v) is 7.45. The predicted octanol–water partition coefficient (Wildman–Crippen LogP) is 3.68. The lowest BCUT2D eigenvalue weighted by Crippen LogP contribution is -2.12. The second-order valence-electron chi connectivity index (χ2n) is 4.83. The Balaban J connectivity index is 1.97. The predicted molar refractivity (Wildman–Crippen MR) is 75.6 cm³/mol. The smallest absolute Gasteiger partial charge is 0.124 e. The summed E-state index contributed by atoms with van der Waals surface area (Å²) < 4.78 is 13.4. The van der Waals surface area contributed by atoms with Crippen molar-refractivity contribution in [3.8, 4) is 0 Å². The lowest BCUT2D eigenvalue weighted by atomic mass is 10.0. The van der Waals surface area contributed by atoms with Crippen LogP contribution in [0.1, 0.15) is 43.2 Å². The first-order chi connectivity index (χ1) is 8.65. The molecule has 0 spiro atoms. The Bertz CT molecular complexity index is 428. The van der Waals surface area contributed by atoms with E-state index in [9.17, 15) is 4.39 Å². The quantitative estimate of drug-likeness (QED) is 0.645. The van der Waals surface area contributed by atoms with Gasteiger partial charge in [0.25, 0.3) is 0 Å². The van der Waals surface area contributed by atoms with Gasteiger partial charge in [0.15, 0.2) is 0 Å². The van der Waals surface area contributed by atoms with Crippen LogP contribution < -0.4 is 5.73 Å². The molecule has 1 aromatic carbocycles. The van der Waals surface area contributed by atoms with Gasteiger partial charge < -0.3 is 5.73 Å². The zero-order chi connectivity index (χ0) is 13.0. The number of benzene rings is 1. The summed E-state index contributed by atoms with van der Waals surface area (Å²) in [6.07, 6.45) is 6.55. The van der Waals surface area contributed by atoms with Gasteiger partial charge in [0.05, 0.1) is 0 Å². The van der Waals surface area contributed by atoms with Crippen LogP contribution in [0.5, 0.6) is 0 Å². The molecule has 98 valence electrons. The molecule has 0 heterocycles. The largest absolute Gasteiger partial charge is 0.384 e. The molecule has 1 aliphatic carbocycles. The summed E-state index contributed by atoms with van der Waals surface area (Å²) in [5.74, 6) is 0.434. The summed E-state index contributed by atoms with van der Waals surface area (Å²) in [6.45, 7) is 0. The Morgan fingerprint density at radius 1 is 1.28 bits per heavy atom. The van der Waals surface area contributed by atoms with Crippen LogP contribution in [0.4, 0.5) is 4.39 Å². The van der Waals surface area contributed by atoms with Crippen molar-refractivity contribution in [2.75, 3.05) is 0 Å². The highest BCUT2D eigenvalue weighted by atomic mass is 32.2. The number of thioether (sulfide) groups is 1. The Kier molecular flexibility index (Phi) is 4.64. The summed E-state index contributed by atoms with van der Waals surface area (Å²) in [7, 11) is 0. The maximum Gasteiger partial charge on any atom is 0.124 e. The van der Waals surface area contributed by atoms with Gasteiger partial charge >= 0.3 is 0 Å². The lowest BCUT2D eigenvalue weighted by Gasteiger charge is -2.21. The molecule has 2 nitrogen and oxygen atoms in total. The average Bonchev–Trinajstić information content (AvgIpc) is 2.37. The summed E-state index contributed by atoms with van der Waals surface area (Å²) in [4.78, 5) is 0. The zero-order valence-corrected chi connectivity index (χ0v) is 11.2. The van der Waals surface area contributed by atoms with E-state index < -0.39 is 0 Å². The number of rotatable bonds is 4. The summed E-state index contributed by atoms with van der Waals surface area (Å²) in [6, 6.07) is 4.68. The van der Waals surface area contributed by atoms with Gasteiger partial charge in [0.1, 0.15) is 11.7 Å². The lowest BCUT2D eigenvalue weighted by molar-refractivity contribution is 0.516. The fourth-order valence-electron chi connectivity index (χ4n) is 2.34. The van der Waals surface area contributed by atoms with E-state index in [-0.39, 0.29) is 11.7 Å². The molecule has 0 radical (unpaired) electrons. The van der Waals surface area contributed by atoms with Crippen molar-refractivity contribution in [1.82, 2.24) is 0 Å². The van der Waals surface area contributed by atoms with Gasteiger partial charge in [-0.25, -0.2) is 4.39 Å². The molecule has 0 saturated heterocycles. The fourth-order valence-corrected chi connectivity index (χ4v) is 3.60. The van der Waals surface area contributed by atoms with Crippen molar-refractivity contribution in [3.05, 3.63) is 35.1 Å². The van der Waals surface area contributed by atoms with Crippen molar-refractivity contribution in [2.45, 2.75) is 43.1 Å². The van der Waals surface area contributed by atoms with Crippen molar-refractivity contribution in [1.29, 1.82) is 5.41 Å². The van der Waals surface area contributed by atoms with E-state index in [1.807, 2.05) is 17.8 Å². The molecular weight excluding hydrogens is 247 g/mol. The van der Waals surface area contributed by atoms with Gasteiger partial charge in [-0.05, 0) is 36.6 Å². The number of nitrogens with one attached hydrogen (secondary N) is 1. The first kappa shape index (κ1) is 13.4. The van der Waals surface area contributed by atoms with Crippen LogP contribution in [0.25, 0.3) is 0 Å². The average molecular weight is 266 g/mol. The van der Waals surface area contributed by atoms with Crippen molar-refractivity contribution >= 4 is 17.6 Å². The third kappa shape index (κ3) is 3.73. The molecule has 0 aliphatic heterocycles. The van der Waals surface area contributed by atoms with Gasteiger partial charge in [0, 0.05) is 16.6 Å². The molecule has 0 unspecified atom stereocenters. The Morgan fingerprint density at radius 3 is 2.67 bits per heavy atom. The van der Waals surface area contributed by atoms with Crippen molar-refractivity contribution < 1.29 is 4.39 Å². The number of halogens is 1. The monoisotopic (exact) mass is 266 g/mol. The number of nitrogen functional groups attached to an aromatic ring is 1. The summed E-state index contributed by atoms with van der Waals surface area (Å²) in [5.41, 5.74) is 6.81. The molecule has 3 N–H and O–H groups in total. The topological polar surface area (TPSA) is 49.9 Å². The molecule has 0 bridgehead atoms. The third-order valence-electron chi connectivity index (χ3n) is 3.31. The molecule has 2 rings (SSSR count). The van der Waals surface area contributed by atoms with Crippen LogP contribution in [0.3, 0.4) is 0 Å². The number of amidine groups is 1. The van der Waals surface area contributed by atoms with E-state index in [1.54, 1.807) is 6.07 Å². The Morgan fingerprint density at radius 2 is 2.00 bits per heavy atom. The van der Waals surface area contributed by atoms with Gasteiger partial charge in [0.2, 0.25) is 0 Å². The minimum absolute atomic E-state index is 0.0709. The van der Waals surface area contributed by atoms with Crippen LogP contribution in [-0.2, 0) is 5.75 Å². The zero-order valence-electron chi connectivity index (χ0n) is 10.4. The molecule has 0 aromatic heterocycles. The second kappa shape index (κ2) is 6.23. The number of hydrogen-bond acceptors (Lipinski definition) is 2. The van der Waals surface area contributed by atoms with Crippen LogP contribution in [0.15, 0.2) is 18.2 Å². The summed E-state index contributed by atoms with van der Waals surface area (Å²) in [5, 5.41) is 8.07. The van der Waals surface area contributed by atoms with Crippen molar-refractivity contribution in [2.24, 2.45) is 5.73 Å². The van der Waals surface area contributed by atoms with Crippen LogP contribution in [0.2, 0.25) is 0 Å². The maximum absolute atomic E-state index is 13.4. The minimum atomic E-state index is -0.304. The molecular formula is C14H19FN2S. The van der Waals surface area contributed by atoms with Crippen molar-refractivity contribution in [3.63, 3.8) is 0 Å². The molecule has 1 fully saturated rings. The minimum Gasteiger partial charge on any atom is -0.384 e. The molecule has 0 atom stereocenters. The van der Waals surface area contributed by atoms with E-state index in [0.717, 1.165) is 11.3 Å². The van der Waals surface area contributed by atoms with E-state index in [4.69, 9.17) is 11.1 Å². The van der Waals surface area contributed by atoms with Crippen LogP contribution in [-0.4, -0.2) is 11.1 Å². The van der Waals surface area contributed by atoms with Crippen LogP contribution >= 0.6 is 11.8 Å². The number of hydrogen-bond donors (Lipinski definition) is 2. The van der Waals surface area contributed by atoms with E-state index in [2.05, 4.69) is 0 Å². The van der Waals surface area contributed by atoms with Crippen LogP contribution in [0, 0.1) is 11.2 Å². The fraction of sp³-hybridized carbons (Fsp3) is 0.500. The first-order valence-electron chi connectivity index (χ1n) is 6.40. The highest BCUT2D eigenvalue weighted by Gasteiger charge is 2.14. The molecule has 1 aliphatic rings. The van der Waals surface area contributed by atoms with E-state index in [1.165, 1.54) is 38.2 Å². The van der Waals surface area contributed by atoms with E-state index >= 15 is 0 Å². The van der Waals surface area contributed by atoms with Gasteiger partial charge in [-0.1, -0.05) is 19.3 Å². The Hall–Kier alpha value is -1.03. The highest BCUT2D eigenvalue weighted by Crippen LogP contribution is 2.30. The molecule has 18 heavy (non-hydrogen) atoms. The van der Waals surface area contributed by atoms with E-state index in [0.29, 0.717) is 10.8 Å². The standard InChI is InChI=1S/C14H19FN2S/c15-12-7-10(6-11(8-12)14(16)17)9-18-13-4-2-1-3-5-13/h6-8,13H,1-5,9H2,(H3,16,17). The SMILES string of the molecule is N=C(N)c1cc(F)cc(CSC2CCCCC2)c1. The molecule has 1 aromatic rings. The third-order valence-corrected chi connectivity index (χ3v) is 4.75.